The van der Waals surface area contributed by atoms with E-state index in [0.29, 0.717) is 5.56 Å². The van der Waals surface area contributed by atoms with Gasteiger partial charge < -0.3 is 30.9 Å². The normalized spacial score (nSPS) is 26.5. The molecule has 2 aromatic rings. The third-order valence-electron chi connectivity index (χ3n) is 6.64. The van der Waals surface area contributed by atoms with E-state index in [1.807, 2.05) is 13.8 Å². The molecule has 5 N–H and O–H groups in total. The lowest BCUT2D eigenvalue weighted by molar-refractivity contribution is -0.156. The first-order chi connectivity index (χ1) is 18.5. The minimum absolute atomic E-state index is 0.0180. The van der Waals surface area contributed by atoms with Crippen LogP contribution in [-0.2, 0) is 25.5 Å². The van der Waals surface area contributed by atoms with Crippen molar-refractivity contribution in [3.05, 3.63) is 59.9 Å². The number of phenols is 1. The number of amides is 3. The minimum Gasteiger partial charge on any atom is -0.507 e. The van der Waals surface area contributed by atoms with Crippen molar-refractivity contribution < 1.29 is 34.1 Å². The maximum Gasteiger partial charge on any atom is 0.328 e. The van der Waals surface area contributed by atoms with Crippen LogP contribution in [0, 0.1) is 11.8 Å². The number of carbonyl (C=O) groups is 4. The molecular weight excluding hydrogens is 504 g/mol. The molecule has 1 unspecified atom stereocenters. The second kappa shape index (κ2) is 13.2. The summed E-state index contributed by atoms with van der Waals surface area (Å²) in [6.07, 6.45) is 1.08. The molecule has 1 aromatic heterocycles. The molecule has 0 saturated carbocycles. The molecule has 39 heavy (non-hydrogen) atoms. The number of hydrogen-bond donors (Lipinski definition) is 5. The lowest BCUT2D eigenvalue weighted by Gasteiger charge is -2.33. The van der Waals surface area contributed by atoms with Crippen LogP contribution in [0.1, 0.15) is 50.0 Å². The Hall–Kier alpha value is -3.99. The molecule has 1 aliphatic heterocycles. The molecule has 0 bridgehead atoms. The number of rotatable bonds is 6. The Kier molecular flexibility index (Phi) is 10.00. The van der Waals surface area contributed by atoms with Gasteiger partial charge in [0.2, 0.25) is 11.8 Å². The molecule has 1 aromatic carbocycles. The number of aliphatic hydroxyl groups is 1. The third-order valence-corrected chi connectivity index (χ3v) is 6.64. The number of pyridine rings is 1. The quantitative estimate of drug-likeness (QED) is 0.340. The fraction of sp³-hybridized carbons (Fsp3) is 0.464. The standard InChI is InChI=1S/C28H36N4O7/c1-15(2)12-21-28(38)39-17(4)23(32-26(36)19-9-5-6-10-22(19)33)27(37)30-20(13-18-8-7-11-29-14-18)24(34)16(3)25(35)31-21/h5-11,14-17,20-21,23-24,33-34H,12-13H2,1-4H3,(H,30,37)(H,31,35)(H,32,36)/t16-,17-,20+,21?,23+,24+/m1/s1. The second-order valence-corrected chi connectivity index (χ2v) is 10.3. The topological polar surface area (TPSA) is 167 Å². The Morgan fingerprint density at radius 1 is 1.08 bits per heavy atom. The van der Waals surface area contributed by atoms with Crippen molar-refractivity contribution >= 4 is 23.7 Å². The molecule has 2 heterocycles. The number of benzene rings is 1. The molecule has 1 saturated heterocycles. The fourth-order valence-corrected chi connectivity index (χ4v) is 4.41. The lowest BCUT2D eigenvalue weighted by atomic mass is 9.91. The maximum absolute atomic E-state index is 13.6. The average molecular weight is 541 g/mol. The van der Waals surface area contributed by atoms with Crippen LogP contribution in [0.2, 0.25) is 0 Å². The predicted octanol–water partition coefficient (Wildman–Crippen LogP) is 1.09. The highest BCUT2D eigenvalue weighted by atomic mass is 16.5. The molecule has 11 heteroatoms. The highest BCUT2D eigenvalue weighted by Gasteiger charge is 2.39. The Morgan fingerprint density at radius 2 is 1.79 bits per heavy atom. The van der Waals surface area contributed by atoms with E-state index in [1.165, 1.54) is 26.0 Å². The number of aromatic nitrogens is 1. The third kappa shape index (κ3) is 7.76. The monoisotopic (exact) mass is 540 g/mol. The van der Waals surface area contributed by atoms with E-state index < -0.39 is 59.9 Å². The van der Waals surface area contributed by atoms with Crippen molar-refractivity contribution in [3.8, 4) is 5.75 Å². The first-order valence-electron chi connectivity index (χ1n) is 12.9. The molecule has 1 aliphatic rings. The van der Waals surface area contributed by atoms with E-state index in [0.717, 1.165) is 0 Å². The first kappa shape index (κ1) is 29.6. The van der Waals surface area contributed by atoms with E-state index in [2.05, 4.69) is 20.9 Å². The zero-order chi connectivity index (χ0) is 28.7. The number of aromatic hydroxyl groups is 1. The van der Waals surface area contributed by atoms with Crippen LogP contribution in [0.25, 0.3) is 0 Å². The van der Waals surface area contributed by atoms with Crippen LogP contribution in [0.3, 0.4) is 0 Å². The maximum atomic E-state index is 13.6. The van der Waals surface area contributed by atoms with Crippen molar-refractivity contribution in [1.29, 1.82) is 0 Å². The Balaban J connectivity index is 1.99. The van der Waals surface area contributed by atoms with Crippen LogP contribution >= 0.6 is 0 Å². The molecule has 6 atom stereocenters. The van der Waals surface area contributed by atoms with E-state index >= 15 is 0 Å². The van der Waals surface area contributed by atoms with Crippen LogP contribution < -0.4 is 16.0 Å². The van der Waals surface area contributed by atoms with Gasteiger partial charge in [0.05, 0.1) is 23.6 Å². The predicted molar refractivity (Wildman–Crippen MR) is 141 cm³/mol. The number of nitrogens with zero attached hydrogens (tertiary/aromatic N) is 1. The number of cyclic esters (lactones) is 1. The Labute approximate surface area is 227 Å². The van der Waals surface area contributed by atoms with Crippen molar-refractivity contribution in [1.82, 2.24) is 20.9 Å². The summed E-state index contributed by atoms with van der Waals surface area (Å²) in [7, 11) is 0. The van der Waals surface area contributed by atoms with Gasteiger partial charge in [0.25, 0.3) is 5.91 Å². The summed E-state index contributed by atoms with van der Waals surface area (Å²) >= 11 is 0. The fourth-order valence-electron chi connectivity index (χ4n) is 4.41. The zero-order valence-corrected chi connectivity index (χ0v) is 22.5. The van der Waals surface area contributed by atoms with E-state index in [1.54, 1.807) is 36.7 Å². The van der Waals surface area contributed by atoms with Gasteiger partial charge in [-0.1, -0.05) is 39.0 Å². The SMILES string of the molecule is CC(C)CC1NC(=O)[C@H](C)[C@H](O)[C@H](Cc2cccnc2)NC(=O)[C@@H](NC(=O)c2ccccc2O)[C@@H](C)OC1=O. The Bertz CT molecular complexity index is 1170. The Morgan fingerprint density at radius 3 is 2.44 bits per heavy atom. The van der Waals surface area contributed by atoms with Gasteiger partial charge in [0.1, 0.15) is 23.9 Å². The van der Waals surface area contributed by atoms with Crippen LogP contribution in [0.15, 0.2) is 48.8 Å². The lowest BCUT2D eigenvalue weighted by Crippen LogP contribution is -2.60. The van der Waals surface area contributed by atoms with Crippen LogP contribution in [0.5, 0.6) is 5.75 Å². The van der Waals surface area contributed by atoms with Gasteiger partial charge in [-0.15, -0.1) is 0 Å². The number of aliphatic hydroxyl groups excluding tert-OH is 1. The number of phenolic OH excluding ortho intramolecular Hbond substituents is 1. The summed E-state index contributed by atoms with van der Waals surface area (Å²) in [5, 5.41) is 29.3. The summed E-state index contributed by atoms with van der Waals surface area (Å²) in [6, 6.07) is 5.96. The van der Waals surface area contributed by atoms with Crippen LogP contribution in [0.4, 0.5) is 0 Å². The molecule has 3 rings (SSSR count). The average Bonchev–Trinajstić information content (AvgIpc) is 2.89. The molecular formula is C28H36N4O7. The highest BCUT2D eigenvalue weighted by molar-refractivity contribution is 6.00. The molecule has 0 aliphatic carbocycles. The van der Waals surface area contributed by atoms with E-state index in [9.17, 15) is 29.4 Å². The number of nitrogens with one attached hydrogen (secondary N) is 3. The van der Waals surface area contributed by atoms with Gasteiger partial charge in [-0.25, -0.2) is 4.79 Å². The summed E-state index contributed by atoms with van der Waals surface area (Å²) in [5.74, 6) is -4.09. The van der Waals surface area contributed by atoms with Crippen LogP contribution in [-0.4, -0.2) is 69.2 Å². The molecule has 1 fully saturated rings. The van der Waals surface area contributed by atoms with E-state index in [4.69, 9.17) is 4.74 Å². The molecule has 0 radical (unpaired) electrons. The first-order valence-corrected chi connectivity index (χ1v) is 12.9. The number of para-hydroxylation sites is 1. The summed E-state index contributed by atoms with van der Waals surface area (Å²) in [5.41, 5.74) is 0.633. The van der Waals surface area contributed by atoms with Gasteiger partial charge in [0, 0.05) is 12.4 Å². The molecule has 3 amide bonds. The highest BCUT2D eigenvalue weighted by Crippen LogP contribution is 2.19. The van der Waals surface area contributed by atoms with E-state index in [-0.39, 0.29) is 30.1 Å². The van der Waals surface area contributed by atoms with Crippen molar-refractivity contribution in [2.75, 3.05) is 0 Å². The summed E-state index contributed by atoms with van der Waals surface area (Å²) < 4.78 is 5.59. The van der Waals surface area contributed by atoms with Crippen molar-refractivity contribution in [2.45, 2.75) is 70.9 Å². The largest absolute Gasteiger partial charge is 0.507 e. The second-order valence-electron chi connectivity index (χ2n) is 10.3. The number of hydrogen-bond acceptors (Lipinski definition) is 8. The molecule has 11 nitrogen and oxygen atoms in total. The van der Waals surface area contributed by atoms with Crippen molar-refractivity contribution in [2.24, 2.45) is 11.8 Å². The van der Waals surface area contributed by atoms with Gasteiger partial charge in [0.15, 0.2) is 0 Å². The molecule has 0 spiro atoms. The summed E-state index contributed by atoms with van der Waals surface area (Å²) in [6.45, 7) is 6.71. The number of esters is 1. The minimum atomic E-state index is -1.38. The number of ether oxygens (including phenoxy) is 1. The van der Waals surface area contributed by atoms with Gasteiger partial charge in [-0.3, -0.25) is 19.4 Å². The van der Waals surface area contributed by atoms with Gasteiger partial charge >= 0.3 is 5.97 Å². The van der Waals surface area contributed by atoms with Gasteiger partial charge in [-0.05, 0) is 49.4 Å². The summed E-state index contributed by atoms with van der Waals surface area (Å²) in [4.78, 5) is 56.8. The molecule has 210 valence electrons. The zero-order valence-electron chi connectivity index (χ0n) is 22.5. The smallest absolute Gasteiger partial charge is 0.328 e. The van der Waals surface area contributed by atoms with Gasteiger partial charge in [-0.2, -0.15) is 0 Å². The number of carbonyl (C=O) groups excluding carboxylic acids is 4. The van der Waals surface area contributed by atoms with Crippen molar-refractivity contribution in [3.63, 3.8) is 0 Å².